The van der Waals surface area contributed by atoms with Crippen molar-refractivity contribution in [3.05, 3.63) is 100 Å². The highest BCUT2D eigenvalue weighted by Crippen LogP contribution is 2.25. The van der Waals surface area contributed by atoms with Gasteiger partial charge in [-0.05, 0) is 29.2 Å². The van der Waals surface area contributed by atoms with Crippen molar-refractivity contribution in [2.75, 3.05) is 0 Å². The summed E-state index contributed by atoms with van der Waals surface area (Å²) in [5, 5.41) is 0.661. The molecule has 0 spiro atoms. The van der Waals surface area contributed by atoms with E-state index >= 15 is 0 Å². The average molecular weight is 380 g/mol. The molecule has 3 aromatic carbocycles. The van der Waals surface area contributed by atoms with Gasteiger partial charge in [-0.1, -0.05) is 92.7 Å². The van der Waals surface area contributed by atoms with E-state index in [1.807, 2.05) is 65.2 Å². The van der Waals surface area contributed by atoms with E-state index in [0.717, 1.165) is 28.0 Å². The van der Waals surface area contributed by atoms with Crippen molar-refractivity contribution in [3.63, 3.8) is 0 Å². The number of hydrogen-bond donors (Lipinski definition) is 0. The number of benzene rings is 3. The Morgan fingerprint density at radius 3 is 2.34 bits per heavy atom. The van der Waals surface area contributed by atoms with Crippen molar-refractivity contribution in [1.29, 1.82) is 0 Å². The summed E-state index contributed by atoms with van der Waals surface area (Å²) >= 11 is 0. The van der Waals surface area contributed by atoms with Crippen LogP contribution in [-0.4, -0.2) is 9.55 Å². The molecule has 0 N–H and O–H groups in total. The zero-order chi connectivity index (χ0) is 20.2. The zero-order valence-corrected chi connectivity index (χ0v) is 16.7. The first kappa shape index (κ1) is 18.9. The number of para-hydroxylation sites is 1. The van der Waals surface area contributed by atoms with Crippen LogP contribution in [0.4, 0.5) is 0 Å². The van der Waals surface area contributed by atoms with Crippen LogP contribution in [0.5, 0.6) is 0 Å². The number of rotatable bonds is 5. The van der Waals surface area contributed by atoms with Gasteiger partial charge < -0.3 is 0 Å². The van der Waals surface area contributed by atoms with Gasteiger partial charge >= 0.3 is 0 Å². The Morgan fingerprint density at radius 2 is 1.55 bits per heavy atom. The van der Waals surface area contributed by atoms with E-state index in [2.05, 4.69) is 44.2 Å². The predicted molar refractivity (Wildman–Crippen MR) is 122 cm³/mol. The summed E-state index contributed by atoms with van der Waals surface area (Å²) in [5.74, 6) is 1.05. The lowest BCUT2D eigenvalue weighted by Crippen LogP contribution is -2.25. The molecule has 0 amide bonds. The topological polar surface area (TPSA) is 34.9 Å². The van der Waals surface area contributed by atoms with Crippen molar-refractivity contribution in [1.82, 2.24) is 9.55 Å². The number of nitrogens with zero attached hydrogens (tertiary/aromatic N) is 2. The van der Waals surface area contributed by atoms with Gasteiger partial charge in [0.25, 0.3) is 5.56 Å². The lowest BCUT2D eigenvalue weighted by molar-refractivity contribution is 0.513. The Labute approximate surface area is 171 Å². The fourth-order valence-corrected chi connectivity index (χ4v) is 3.50. The van der Waals surface area contributed by atoms with E-state index in [-0.39, 0.29) is 5.56 Å². The Morgan fingerprint density at radius 1 is 0.862 bits per heavy atom. The molecule has 0 saturated heterocycles. The molecule has 0 aliphatic carbocycles. The summed E-state index contributed by atoms with van der Waals surface area (Å²) in [5.41, 5.74) is 3.88. The minimum absolute atomic E-state index is 0.0149. The van der Waals surface area contributed by atoms with Crippen molar-refractivity contribution < 1.29 is 0 Å². The van der Waals surface area contributed by atoms with E-state index in [1.165, 1.54) is 0 Å². The Kier molecular flexibility index (Phi) is 5.39. The fourth-order valence-electron chi connectivity index (χ4n) is 3.50. The summed E-state index contributed by atoms with van der Waals surface area (Å²) in [6, 6.07) is 25.9. The molecule has 0 bridgehead atoms. The Bertz CT molecular complexity index is 1220. The van der Waals surface area contributed by atoms with Crippen LogP contribution >= 0.6 is 0 Å². The smallest absolute Gasteiger partial charge is 0.261 e. The van der Waals surface area contributed by atoms with Crippen molar-refractivity contribution in [2.45, 2.75) is 20.4 Å². The van der Waals surface area contributed by atoms with Crippen LogP contribution in [0.25, 0.3) is 34.4 Å². The van der Waals surface area contributed by atoms with Gasteiger partial charge in [0.05, 0.1) is 10.9 Å². The van der Waals surface area contributed by atoms with E-state index < -0.39 is 0 Å². The summed E-state index contributed by atoms with van der Waals surface area (Å²) in [6.45, 7) is 4.86. The minimum Gasteiger partial charge on any atom is -0.292 e. The molecular weight excluding hydrogens is 356 g/mol. The largest absolute Gasteiger partial charge is 0.292 e. The monoisotopic (exact) mass is 380 g/mol. The van der Waals surface area contributed by atoms with Gasteiger partial charge in [0.15, 0.2) is 0 Å². The molecule has 0 aliphatic heterocycles. The van der Waals surface area contributed by atoms with Crippen LogP contribution in [0, 0.1) is 5.92 Å². The molecule has 144 valence electrons. The highest BCUT2D eigenvalue weighted by molar-refractivity contribution is 5.83. The van der Waals surface area contributed by atoms with Crippen LogP contribution in [0.1, 0.15) is 25.0 Å². The minimum atomic E-state index is 0.0149. The lowest BCUT2D eigenvalue weighted by Gasteiger charge is -2.17. The molecule has 0 atom stereocenters. The molecule has 4 rings (SSSR count). The van der Waals surface area contributed by atoms with Gasteiger partial charge in [0.1, 0.15) is 5.82 Å². The van der Waals surface area contributed by atoms with Crippen LogP contribution in [-0.2, 0) is 6.54 Å². The van der Waals surface area contributed by atoms with E-state index in [0.29, 0.717) is 17.8 Å². The summed E-state index contributed by atoms with van der Waals surface area (Å²) in [4.78, 5) is 18.2. The maximum Gasteiger partial charge on any atom is 0.261 e. The zero-order valence-electron chi connectivity index (χ0n) is 16.7. The first-order valence-electron chi connectivity index (χ1n) is 9.95. The van der Waals surface area contributed by atoms with Crippen molar-refractivity contribution in [2.24, 2.45) is 5.92 Å². The molecule has 1 aromatic heterocycles. The number of hydrogen-bond acceptors (Lipinski definition) is 2. The maximum absolute atomic E-state index is 13.3. The Balaban J connectivity index is 1.91. The molecular formula is C26H24N2O. The van der Waals surface area contributed by atoms with Crippen molar-refractivity contribution >= 4 is 23.1 Å². The Hall–Kier alpha value is -3.46. The number of fused-ring (bicyclic) bond motifs is 1. The van der Waals surface area contributed by atoms with Crippen LogP contribution in [0.3, 0.4) is 0 Å². The molecule has 0 radical (unpaired) electrons. The second-order valence-corrected chi connectivity index (χ2v) is 7.59. The third kappa shape index (κ3) is 4.04. The third-order valence-corrected chi connectivity index (χ3v) is 4.87. The predicted octanol–water partition coefficient (Wildman–Crippen LogP) is 5.89. The summed E-state index contributed by atoms with van der Waals surface area (Å²) < 4.78 is 1.82. The van der Waals surface area contributed by atoms with Gasteiger partial charge in [0, 0.05) is 12.1 Å². The highest BCUT2D eigenvalue weighted by Gasteiger charge is 2.15. The fraction of sp³-hybridized carbons (Fsp3) is 0.154. The average Bonchev–Trinajstić information content (AvgIpc) is 2.75. The van der Waals surface area contributed by atoms with Gasteiger partial charge in [-0.25, -0.2) is 4.98 Å². The van der Waals surface area contributed by atoms with E-state index in [1.54, 1.807) is 0 Å². The third-order valence-electron chi connectivity index (χ3n) is 4.87. The van der Waals surface area contributed by atoms with Crippen LogP contribution in [0.15, 0.2) is 83.7 Å². The van der Waals surface area contributed by atoms with E-state index in [9.17, 15) is 4.79 Å². The SMILES string of the molecule is CC(C)Cn1c(-c2ccccc2/C=C/c2ccccc2)nc2ccccc2c1=O. The molecule has 0 aliphatic rings. The molecule has 0 unspecified atom stereocenters. The maximum atomic E-state index is 13.3. The van der Waals surface area contributed by atoms with E-state index in [4.69, 9.17) is 4.98 Å². The lowest BCUT2D eigenvalue weighted by atomic mass is 10.0. The van der Waals surface area contributed by atoms with Gasteiger partial charge in [-0.3, -0.25) is 9.36 Å². The molecule has 4 aromatic rings. The van der Waals surface area contributed by atoms with Gasteiger partial charge in [-0.2, -0.15) is 0 Å². The standard InChI is InChI=1S/C26H24N2O/c1-19(2)18-28-25(27-24-15-9-8-14-23(24)26(28)29)22-13-7-6-12-21(22)17-16-20-10-4-3-5-11-20/h3-17,19H,18H2,1-2H3/b17-16+. The second-order valence-electron chi connectivity index (χ2n) is 7.59. The first-order valence-corrected chi connectivity index (χ1v) is 9.95. The molecule has 3 heteroatoms. The second kappa shape index (κ2) is 8.27. The highest BCUT2D eigenvalue weighted by atomic mass is 16.1. The quantitative estimate of drug-likeness (QED) is 0.405. The molecule has 29 heavy (non-hydrogen) atoms. The van der Waals surface area contributed by atoms with Crippen molar-refractivity contribution in [3.8, 4) is 11.4 Å². The first-order chi connectivity index (χ1) is 14.1. The van der Waals surface area contributed by atoms with Crippen LogP contribution < -0.4 is 5.56 Å². The number of aromatic nitrogens is 2. The summed E-state index contributed by atoms with van der Waals surface area (Å²) in [7, 11) is 0. The van der Waals surface area contributed by atoms with Gasteiger partial charge in [-0.15, -0.1) is 0 Å². The molecule has 0 fully saturated rings. The van der Waals surface area contributed by atoms with Gasteiger partial charge in [0.2, 0.25) is 0 Å². The summed E-state index contributed by atoms with van der Waals surface area (Å²) in [6.07, 6.45) is 4.18. The molecule has 0 saturated carbocycles. The molecule has 3 nitrogen and oxygen atoms in total. The normalized spacial score (nSPS) is 11.6. The molecule has 1 heterocycles. The van der Waals surface area contributed by atoms with Crippen LogP contribution in [0.2, 0.25) is 0 Å².